The van der Waals surface area contributed by atoms with E-state index in [4.69, 9.17) is 81.1 Å². The third-order valence-electron chi connectivity index (χ3n) is 8.95. The molecule has 0 spiro atoms. The van der Waals surface area contributed by atoms with Gasteiger partial charge in [-0.1, -0.05) is 20.8 Å². The van der Waals surface area contributed by atoms with Crippen LogP contribution in [0.3, 0.4) is 0 Å². The van der Waals surface area contributed by atoms with Gasteiger partial charge in [0.05, 0.1) is 120 Å². The predicted octanol–water partition coefficient (Wildman–Crippen LogP) is -1.07. The number of ether oxygens (including phenoxy) is 11. The van der Waals surface area contributed by atoms with Crippen molar-refractivity contribution in [2.45, 2.75) is 80.2 Å². The Kier molecular flexibility index (Phi) is 119. The maximum atomic E-state index is 10.5. The van der Waals surface area contributed by atoms with E-state index in [-0.39, 0.29) is 12.5 Å². The predicted molar refractivity (Wildman–Crippen MR) is 335 cm³/mol. The highest BCUT2D eigenvalue weighted by molar-refractivity contribution is 5.77. The Bertz CT molecular complexity index is 998. The molecule has 15 N–H and O–H groups in total. The van der Waals surface area contributed by atoms with E-state index in [1.54, 1.807) is 49.7 Å². The zero-order valence-electron chi connectivity index (χ0n) is 56.5. The average molecular weight is 1270 g/mol. The molecule has 86 heavy (non-hydrogen) atoms. The Hall–Kier alpha value is -1.77. The highest BCUT2D eigenvalue weighted by Gasteiger charge is 2.11. The lowest BCUT2D eigenvalue weighted by Gasteiger charge is -2.20. The van der Waals surface area contributed by atoms with E-state index in [0.717, 1.165) is 65.1 Å². The van der Waals surface area contributed by atoms with E-state index in [1.165, 1.54) is 0 Å². The van der Waals surface area contributed by atoms with Crippen LogP contribution in [0.25, 0.3) is 0 Å². The molecule has 33 heteroatoms. The quantitative estimate of drug-likeness (QED) is 0.0196. The zero-order chi connectivity index (χ0) is 65.4. The van der Waals surface area contributed by atoms with Crippen LogP contribution in [0.1, 0.15) is 74.1 Å². The molecule has 0 fully saturated rings. The van der Waals surface area contributed by atoms with Crippen LogP contribution >= 0.6 is 0 Å². The molecular formula is C53H133N15O18. The van der Waals surface area contributed by atoms with Crippen molar-refractivity contribution < 1.29 is 85.9 Å². The van der Waals surface area contributed by atoms with Crippen molar-refractivity contribution >= 4 is 5.91 Å². The van der Waals surface area contributed by atoms with Crippen molar-refractivity contribution in [1.82, 2.24) is 80.7 Å². The maximum Gasteiger partial charge on any atom is 0.236 e. The van der Waals surface area contributed by atoms with Gasteiger partial charge in [0.1, 0.15) is 13.5 Å². The van der Waals surface area contributed by atoms with Crippen LogP contribution in [-0.2, 0) is 85.9 Å². The minimum Gasteiger partial charge on any atom is -0.384 e. The first-order chi connectivity index (χ1) is 42.1. The maximum absolute atomic E-state index is 10.5. The monoisotopic (exact) mass is 1270 g/mol. The van der Waals surface area contributed by atoms with Gasteiger partial charge in [-0.3, -0.25) is 42.0 Å². The molecule has 0 aromatic rings. The van der Waals surface area contributed by atoms with Crippen molar-refractivity contribution in [3.05, 3.63) is 0 Å². The summed E-state index contributed by atoms with van der Waals surface area (Å²) in [6.45, 7) is 32.9. The van der Waals surface area contributed by atoms with Crippen LogP contribution in [0.5, 0.6) is 0 Å². The number of hydrogen-bond donors (Lipinski definition) is 15. The number of hydrogen-bond acceptors (Lipinski definition) is 32. The zero-order valence-corrected chi connectivity index (χ0v) is 56.5. The van der Waals surface area contributed by atoms with Crippen LogP contribution < -0.4 is 80.7 Å². The molecule has 0 bridgehead atoms. The second-order valence-electron chi connectivity index (χ2n) is 16.6. The van der Waals surface area contributed by atoms with Crippen LogP contribution in [0.2, 0.25) is 0 Å². The Morgan fingerprint density at radius 3 is 1.28 bits per heavy atom. The molecule has 0 aromatic carbocycles. The summed E-state index contributed by atoms with van der Waals surface area (Å²) in [5, 5.41) is 26.6. The SMILES string of the molecule is CCCONCC(=O)NC.CCNCOCNCOC.CCOCNCOCNCOC.CCONCCCNCOC.CCONCCONCCOC.CCONCCONCCOC.CNCOCNCOCCC(CC(C)COC)NC. The normalized spacial score (nSPS) is 11.2. The molecule has 0 saturated carbocycles. The van der Waals surface area contributed by atoms with Crippen molar-refractivity contribution in [2.75, 3.05) is 263 Å². The van der Waals surface area contributed by atoms with Crippen molar-refractivity contribution in [3.8, 4) is 0 Å². The van der Waals surface area contributed by atoms with E-state index in [0.29, 0.717) is 165 Å². The van der Waals surface area contributed by atoms with Gasteiger partial charge >= 0.3 is 0 Å². The lowest BCUT2D eigenvalue weighted by atomic mass is 10.0. The summed E-state index contributed by atoms with van der Waals surface area (Å²) in [6, 6.07) is 0.477. The van der Waals surface area contributed by atoms with Crippen molar-refractivity contribution in [3.63, 3.8) is 0 Å². The van der Waals surface area contributed by atoms with Crippen molar-refractivity contribution in [1.29, 1.82) is 0 Å². The number of likely N-dealkylation sites (N-methyl/N-ethyl adjacent to an activating group) is 1. The van der Waals surface area contributed by atoms with Crippen LogP contribution in [0.15, 0.2) is 0 Å². The summed E-state index contributed by atoms with van der Waals surface area (Å²) >= 11 is 0. The summed E-state index contributed by atoms with van der Waals surface area (Å²) in [5.41, 5.74) is 16.3. The van der Waals surface area contributed by atoms with Gasteiger partial charge in [0, 0.05) is 108 Å². The third-order valence-corrected chi connectivity index (χ3v) is 8.95. The van der Waals surface area contributed by atoms with Crippen molar-refractivity contribution in [2.24, 2.45) is 5.92 Å². The molecular weight excluding hydrogens is 1130 g/mol. The van der Waals surface area contributed by atoms with E-state index >= 15 is 0 Å². The average Bonchev–Trinajstić information content (AvgIpc) is 3.53. The van der Waals surface area contributed by atoms with Gasteiger partial charge in [0.25, 0.3) is 0 Å². The molecule has 0 aromatic heterocycles. The first kappa shape index (κ1) is 97.8. The topological polar surface area (TPSA) is 354 Å². The number of methoxy groups -OCH3 is 6. The minimum absolute atomic E-state index is 0.0731. The largest absolute Gasteiger partial charge is 0.384 e. The molecule has 33 nitrogen and oxygen atoms in total. The van der Waals surface area contributed by atoms with E-state index in [2.05, 4.69) is 87.7 Å². The number of carbonyl (C=O) groups is 1. The highest BCUT2D eigenvalue weighted by atomic mass is 16.7. The molecule has 0 aliphatic carbocycles. The Balaban J connectivity index is -0.000000171. The first-order valence-corrected chi connectivity index (χ1v) is 29.8. The van der Waals surface area contributed by atoms with Gasteiger partial charge in [-0.15, -0.1) is 0 Å². The lowest BCUT2D eigenvalue weighted by molar-refractivity contribution is -0.122. The number of carbonyl (C=O) groups excluding carboxylic acids is 1. The molecule has 0 aliphatic rings. The fourth-order valence-electron chi connectivity index (χ4n) is 4.97. The van der Waals surface area contributed by atoms with Crippen LogP contribution in [0, 0.1) is 5.92 Å². The summed E-state index contributed by atoms with van der Waals surface area (Å²) in [4.78, 5) is 40.1. The number of hydroxylamine groups is 6. The second-order valence-corrected chi connectivity index (χ2v) is 16.6. The molecule has 0 aliphatic heterocycles. The minimum atomic E-state index is -0.0731. The van der Waals surface area contributed by atoms with Gasteiger partial charge in [-0.05, 0) is 86.5 Å². The molecule has 0 rings (SSSR count). The summed E-state index contributed by atoms with van der Waals surface area (Å²) < 4.78 is 54.9. The van der Waals surface area contributed by atoms with Gasteiger partial charge < -0.3 is 91.8 Å². The van der Waals surface area contributed by atoms with E-state index in [1.807, 2.05) is 55.6 Å². The first-order valence-electron chi connectivity index (χ1n) is 29.8. The molecule has 528 valence electrons. The van der Waals surface area contributed by atoms with Crippen LogP contribution in [-0.4, -0.2) is 275 Å². The highest BCUT2D eigenvalue weighted by Crippen LogP contribution is 2.09. The lowest BCUT2D eigenvalue weighted by Crippen LogP contribution is -2.31. The number of rotatable bonds is 61. The molecule has 2 unspecified atom stereocenters. The smallest absolute Gasteiger partial charge is 0.236 e. The summed E-state index contributed by atoms with van der Waals surface area (Å²) in [6.07, 6.45) is 4.10. The Morgan fingerprint density at radius 2 is 0.837 bits per heavy atom. The van der Waals surface area contributed by atoms with E-state index in [9.17, 15) is 4.79 Å². The summed E-state index contributed by atoms with van der Waals surface area (Å²) in [5.74, 6) is 0.492. The summed E-state index contributed by atoms with van der Waals surface area (Å²) in [7, 11) is 15.4. The van der Waals surface area contributed by atoms with Gasteiger partial charge in [-0.2, -0.15) is 5.48 Å². The number of nitrogens with one attached hydrogen (secondary N) is 15. The van der Waals surface area contributed by atoms with E-state index < -0.39 is 0 Å². The molecule has 0 saturated heterocycles. The van der Waals surface area contributed by atoms with Gasteiger partial charge in [0.2, 0.25) is 5.91 Å². The van der Waals surface area contributed by atoms with Gasteiger partial charge in [0.15, 0.2) is 0 Å². The fourth-order valence-corrected chi connectivity index (χ4v) is 4.97. The molecule has 0 heterocycles. The molecule has 0 radical (unpaired) electrons. The molecule has 2 atom stereocenters. The Morgan fingerprint density at radius 1 is 0.395 bits per heavy atom. The number of amides is 1. The van der Waals surface area contributed by atoms with Crippen LogP contribution in [0.4, 0.5) is 0 Å². The third kappa shape index (κ3) is 120. The fraction of sp³-hybridized carbons (Fsp3) is 0.981. The Labute approximate surface area is 520 Å². The molecule has 1 amide bonds. The standard InChI is InChI=1S/C13H31N3O3.3C7H18N2O3.C7H18N2O2.C6H16N2O2.C6H14N2O2/c1-12(8-17-4)7-13(15-3)5-6-18-10-16-11-19-9-14-2;1-3-11-5-9-7-12-6-8-4-10-2;2*1-3-11-8-5-7-12-9-4-6-10-2;1-3-11-9-6-4-5-8-7-10-2;1-3-7-5-10-6-8-4-9-2;1-3-4-10-8-5-6(9)7-2/h12-16H,5-11H2,1-4H3;3*8-9H,3-7H2,1-2H3;8-9H,3-7H2,1-2H3;7-8H,3-6H2,1-2H3;8H,3-5H2,1-2H3,(H,7,9). The van der Waals surface area contributed by atoms with Gasteiger partial charge in [-0.25, -0.2) is 27.4 Å². The second kappa shape index (κ2) is 105.